The number of rotatable bonds is 2. The zero-order valence-electron chi connectivity index (χ0n) is 5.98. The van der Waals surface area contributed by atoms with Crippen molar-refractivity contribution in [2.45, 2.75) is 32.7 Å². The highest BCUT2D eigenvalue weighted by Crippen LogP contribution is 2.32. The molecule has 1 saturated carbocycles. The molecule has 0 aromatic carbocycles. The van der Waals surface area contributed by atoms with E-state index in [1.54, 1.807) is 6.92 Å². The van der Waals surface area contributed by atoms with Crippen LogP contribution in [0.2, 0.25) is 0 Å². The van der Waals surface area contributed by atoms with Gasteiger partial charge in [-0.2, -0.15) is 0 Å². The fourth-order valence-corrected chi connectivity index (χ4v) is 1.03. The van der Waals surface area contributed by atoms with Gasteiger partial charge < -0.3 is 5.32 Å². The van der Waals surface area contributed by atoms with E-state index in [4.69, 9.17) is 0 Å². The van der Waals surface area contributed by atoms with E-state index in [2.05, 4.69) is 12.2 Å². The van der Waals surface area contributed by atoms with Gasteiger partial charge in [0.1, 0.15) is 0 Å². The Bertz CT molecular complexity index is 118. The van der Waals surface area contributed by atoms with Gasteiger partial charge in [-0.05, 0) is 25.7 Å². The van der Waals surface area contributed by atoms with Crippen molar-refractivity contribution in [2.75, 3.05) is 0 Å². The molecule has 2 nitrogen and oxygen atoms in total. The van der Waals surface area contributed by atoms with Gasteiger partial charge in [0, 0.05) is 13.0 Å². The molecule has 1 atom stereocenters. The summed E-state index contributed by atoms with van der Waals surface area (Å²) in [5.74, 6) is 0.864. The lowest BCUT2D eigenvalue weighted by atomic mass is 10.2. The first-order chi connectivity index (χ1) is 4.20. The summed E-state index contributed by atoms with van der Waals surface area (Å²) in [6, 6.07) is 0.405. The third kappa shape index (κ3) is 2.04. The predicted octanol–water partition coefficient (Wildman–Crippen LogP) is 0.921. The molecular formula is C7H13NO. The summed E-state index contributed by atoms with van der Waals surface area (Å²) in [5, 5.41) is 2.87. The maximum Gasteiger partial charge on any atom is 0.217 e. The van der Waals surface area contributed by atoms with Gasteiger partial charge in [0.2, 0.25) is 5.91 Å². The molecule has 0 saturated heterocycles. The van der Waals surface area contributed by atoms with Crippen molar-refractivity contribution in [3.05, 3.63) is 0 Å². The van der Waals surface area contributed by atoms with Crippen molar-refractivity contribution >= 4 is 5.91 Å². The molecule has 1 amide bonds. The molecule has 1 fully saturated rings. The molecule has 0 aromatic heterocycles. The van der Waals surface area contributed by atoms with Gasteiger partial charge in [-0.15, -0.1) is 0 Å². The van der Waals surface area contributed by atoms with Crippen LogP contribution in [0.25, 0.3) is 0 Å². The molecule has 0 aliphatic heterocycles. The molecule has 0 spiro atoms. The van der Waals surface area contributed by atoms with Crippen LogP contribution in [0.4, 0.5) is 0 Å². The minimum absolute atomic E-state index is 0.0920. The Kier molecular flexibility index (Phi) is 1.74. The third-order valence-electron chi connectivity index (χ3n) is 1.76. The van der Waals surface area contributed by atoms with E-state index in [1.165, 1.54) is 12.8 Å². The summed E-state index contributed by atoms with van der Waals surface area (Å²) in [6.45, 7) is 3.64. The fourth-order valence-electron chi connectivity index (χ4n) is 1.03. The van der Waals surface area contributed by atoms with Crippen LogP contribution in [0.1, 0.15) is 26.7 Å². The second kappa shape index (κ2) is 2.38. The molecule has 0 unspecified atom stereocenters. The van der Waals surface area contributed by atoms with E-state index >= 15 is 0 Å². The minimum Gasteiger partial charge on any atom is -0.354 e. The Labute approximate surface area is 55.6 Å². The van der Waals surface area contributed by atoms with Gasteiger partial charge in [-0.1, -0.05) is 0 Å². The highest BCUT2D eigenvalue weighted by atomic mass is 16.1. The van der Waals surface area contributed by atoms with Gasteiger partial charge in [-0.3, -0.25) is 4.79 Å². The maximum absolute atomic E-state index is 10.5. The van der Waals surface area contributed by atoms with Crippen LogP contribution in [0.5, 0.6) is 0 Å². The minimum atomic E-state index is 0.0920. The third-order valence-corrected chi connectivity index (χ3v) is 1.76. The van der Waals surface area contributed by atoms with Crippen LogP contribution in [0.15, 0.2) is 0 Å². The van der Waals surface area contributed by atoms with Crippen molar-refractivity contribution in [3.8, 4) is 0 Å². The first-order valence-corrected chi connectivity index (χ1v) is 3.47. The molecule has 0 heterocycles. The van der Waals surface area contributed by atoms with Gasteiger partial charge >= 0.3 is 0 Å². The number of carbonyl (C=O) groups excluding carboxylic acids is 1. The molecule has 1 aliphatic rings. The van der Waals surface area contributed by atoms with Crippen molar-refractivity contribution in [2.24, 2.45) is 5.92 Å². The molecule has 1 N–H and O–H groups in total. The molecule has 0 radical (unpaired) electrons. The van der Waals surface area contributed by atoms with Crippen molar-refractivity contribution in [1.82, 2.24) is 5.32 Å². The van der Waals surface area contributed by atoms with Gasteiger partial charge in [0.15, 0.2) is 0 Å². The number of nitrogens with one attached hydrogen (secondary N) is 1. The van der Waals surface area contributed by atoms with Crippen LogP contribution in [0.3, 0.4) is 0 Å². The summed E-state index contributed by atoms with van der Waals surface area (Å²) in [4.78, 5) is 10.5. The SMILES string of the molecule is CC(=O)N[C@@H](C)C1CC1. The monoisotopic (exact) mass is 127 g/mol. The Hall–Kier alpha value is -0.530. The first kappa shape index (κ1) is 6.59. The van der Waals surface area contributed by atoms with Crippen LogP contribution in [-0.2, 0) is 4.79 Å². The number of hydrogen-bond acceptors (Lipinski definition) is 1. The Morgan fingerprint density at radius 3 is 2.56 bits per heavy atom. The lowest BCUT2D eigenvalue weighted by Gasteiger charge is -2.09. The average molecular weight is 127 g/mol. The highest BCUT2D eigenvalue weighted by molar-refractivity contribution is 5.73. The average Bonchev–Trinajstić information content (AvgIpc) is 2.40. The quantitative estimate of drug-likeness (QED) is 0.587. The van der Waals surface area contributed by atoms with E-state index in [0.717, 1.165) is 5.92 Å². The molecule has 9 heavy (non-hydrogen) atoms. The second-order valence-electron chi connectivity index (χ2n) is 2.83. The molecule has 0 bridgehead atoms. The van der Waals surface area contributed by atoms with Gasteiger partial charge in [-0.25, -0.2) is 0 Å². The van der Waals surface area contributed by atoms with Crippen molar-refractivity contribution in [1.29, 1.82) is 0 Å². The topological polar surface area (TPSA) is 29.1 Å². The molecule has 0 aromatic rings. The summed E-state index contributed by atoms with van der Waals surface area (Å²) in [5.41, 5.74) is 0. The zero-order chi connectivity index (χ0) is 6.85. The summed E-state index contributed by atoms with van der Waals surface area (Å²) in [7, 11) is 0. The Morgan fingerprint density at radius 1 is 1.67 bits per heavy atom. The molecule has 1 aliphatic carbocycles. The molecule has 52 valence electrons. The standard InChI is InChI=1S/C7H13NO/c1-5(7-3-4-7)8-6(2)9/h5,7H,3-4H2,1-2H3,(H,8,9)/t5-/m0/s1. The molecule has 2 heteroatoms. The second-order valence-corrected chi connectivity index (χ2v) is 2.83. The largest absolute Gasteiger partial charge is 0.354 e. The van der Waals surface area contributed by atoms with E-state index in [0.29, 0.717) is 6.04 Å². The van der Waals surface area contributed by atoms with Gasteiger partial charge in [0.25, 0.3) is 0 Å². The Morgan fingerprint density at radius 2 is 2.22 bits per heavy atom. The van der Waals surface area contributed by atoms with Crippen LogP contribution >= 0.6 is 0 Å². The summed E-state index contributed by atoms with van der Waals surface area (Å²) < 4.78 is 0. The maximum atomic E-state index is 10.5. The highest BCUT2D eigenvalue weighted by Gasteiger charge is 2.27. The molecule has 1 rings (SSSR count). The van der Waals surface area contributed by atoms with E-state index in [-0.39, 0.29) is 5.91 Å². The van der Waals surface area contributed by atoms with Crippen molar-refractivity contribution < 1.29 is 4.79 Å². The Balaban J connectivity index is 2.17. The van der Waals surface area contributed by atoms with E-state index < -0.39 is 0 Å². The molecular weight excluding hydrogens is 114 g/mol. The van der Waals surface area contributed by atoms with E-state index in [1.807, 2.05) is 0 Å². The summed E-state index contributed by atoms with van der Waals surface area (Å²) >= 11 is 0. The van der Waals surface area contributed by atoms with E-state index in [9.17, 15) is 4.79 Å². The first-order valence-electron chi connectivity index (χ1n) is 3.47. The normalized spacial score (nSPS) is 21.1. The smallest absolute Gasteiger partial charge is 0.217 e. The number of hydrogen-bond donors (Lipinski definition) is 1. The zero-order valence-corrected chi connectivity index (χ0v) is 5.98. The van der Waals surface area contributed by atoms with Crippen molar-refractivity contribution in [3.63, 3.8) is 0 Å². The van der Waals surface area contributed by atoms with Gasteiger partial charge in [0.05, 0.1) is 0 Å². The summed E-state index contributed by atoms with van der Waals surface area (Å²) in [6.07, 6.45) is 2.59. The fraction of sp³-hybridized carbons (Fsp3) is 0.857. The number of amides is 1. The lowest BCUT2D eigenvalue weighted by molar-refractivity contribution is -0.119. The van der Waals surface area contributed by atoms with Crippen LogP contribution in [0, 0.1) is 5.92 Å². The number of carbonyl (C=O) groups is 1. The predicted molar refractivity (Wildman–Crippen MR) is 36.0 cm³/mol. The lowest BCUT2D eigenvalue weighted by Crippen LogP contribution is -2.31. The van der Waals surface area contributed by atoms with Crippen LogP contribution < -0.4 is 5.32 Å². The van der Waals surface area contributed by atoms with Crippen LogP contribution in [-0.4, -0.2) is 11.9 Å².